The van der Waals surface area contributed by atoms with Crippen LogP contribution in [0.15, 0.2) is 54.6 Å². The van der Waals surface area contributed by atoms with Crippen molar-refractivity contribution in [2.45, 2.75) is 13.0 Å². The molecule has 24 heavy (non-hydrogen) atoms. The van der Waals surface area contributed by atoms with Crippen LogP contribution < -0.4 is 9.64 Å². The van der Waals surface area contributed by atoms with Crippen LogP contribution in [0.2, 0.25) is 0 Å². The lowest BCUT2D eigenvalue weighted by Crippen LogP contribution is -2.57. The fraction of sp³-hybridized carbons (Fsp3) is 0.263. The second-order valence-electron chi connectivity index (χ2n) is 5.73. The Morgan fingerprint density at radius 1 is 1.04 bits per heavy atom. The van der Waals surface area contributed by atoms with E-state index in [9.17, 15) is 9.59 Å². The normalized spacial score (nSPS) is 17.8. The Morgan fingerprint density at radius 2 is 1.71 bits per heavy atom. The van der Waals surface area contributed by atoms with Gasteiger partial charge in [-0.05, 0) is 43.3 Å². The van der Waals surface area contributed by atoms with Gasteiger partial charge in [0.15, 0.2) is 0 Å². The molecule has 3 rings (SSSR count). The van der Waals surface area contributed by atoms with Gasteiger partial charge in [-0.2, -0.15) is 0 Å². The van der Waals surface area contributed by atoms with E-state index in [-0.39, 0.29) is 11.8 Å². The first kappa shape index (κ1) is 16.1. The van der Waals surface area contributed by atoms with Crippen molar-refractivity contribution in [2.75, 3.05) is 25.1 Å². The summed E-state index contributed by atoms with van der Waals surface area (Å²) in [6.07, 6.45) is 0. The zero-order chi connectivity index (χ0) is 17.1. The quantitative estimate of drug-likeness (QED) is 0.872. The van der Waals surface area contributed by atoms with Crippen LogP contribution in [0.3, 0.4) is 0 Å². The molecule has 2 amide bonds. The third-order valence-corrected chi connectivity index (χ3v) is 4.32. The van der Waals surface area contributed by atoms with Crippen molar-refractivity contribution in [2.24, 2.45) is 0 Å². The van der Waals surface area contributed by atoms with E-state index in [4.69, 9.17) is 4.74 Å². The number of carbonyl (C=O) groups is 2. The summed E-state index contributed by atoms with van der Waals surface area (Å²) in [6, 6.07) is 16.0. The molecule has 0 aromatic heterocycles. The van der Waals surface area contributed by atoms with E-state index < -0.39 is 6.04 Å². The fourth-order valence-corrected chi connectivity index (χ4v) is 2.91. The predicted octanol–water partition coefficient (Wildman–Crippen LogP) is 2.57. The molecular weight excluding hydrogens is 304 g/mol. The minimum atomic E-state index is -0.492. The predicted molar refractivity (Wildman–Crippen MR) is 92.3 cm³/mol. The fourth-order valence-electron chi connectivity index (χ4n) is 2.91. The number of hydrogen-bond acceptors (Lipinski definition) is 3. The van der Waals surface area contributed by atoms with Crippen molar-refractivity contribution in [3.05, 3.63) is 60.2 Å². The Kier molecular flexibility index (Phi) is 4.51. The van der Waals surface area contributed by atoms with Gasteiger partial charge in [0.25, 0.3) is 5.91 Å². The summed E-state index contributed by atoms with van der Waals surface area (Å²) in [5.74, 6) is 0.568. The summed E-state index contributed by atoms with van der Waals surface area (Å²) in [4.78, 5) is 28.7. The third-order valence-electron chi connectivity index (χ3n) is 4.32. The molecule has 0 saturated carbocycles. The third kappa shape index (κ3) is 2.97. The number of rotatable bonds is 3. The molecule has 0 radical (unpaired) electrons. The maximum absolute atomic E-state index is 12.7. The zero-order valence-electron chi connectivity index (χ0n) is 13.8. The maximum atomic E-state index is 12.7. The minimum absolute atomic E-state index is 0.0734. The SMILES string of the molecule is COc1ccc(N2CCN(C(=O)c3ccccc3)C(C)C2=O)cc1. The molecule has 0 N–H and O–H groups in total. The molecule has 5 nitrogen and oxygen atoms in total. The average molecular weight is 324 g/mol. The molecule has 0 aliphatic carbocycles. The van der Waals surface area contributed by atoms with Gasteiger partial charge in [-0.1, -0.05) is 18.2 Å². The second kappa shape index (κ2) is 6.74. The first-order chi connectivity index (χ1) is 11.6. The number of carbonyl (C=O) groups excluding carboxylic acids is 2. The Morgan fingerprint density at radius 3 is 2.33 bits per heavy atom. The molecule has 1 unspecified atom stereocenters. The highest BCUT2D eigenvalue weighted by Crippen LogP contribution is 2.24. The van der Waals surface area contributed by atoms with Crippen LogP contribution in [0.5, 0.6) is 5.75 Å². The number of benzene rings is 2. The summed E-state index contributed by atoms with van der Waals surface area (Å²) in [6.45, 7) is 2.76. The highest BCUT2D eigenvalue weighted by molar-refractivity contribution is 6.03. The van der Waals surface area contributed by atoms with E-state index in [2.05, 4.69) is 0 Å². The van der Waals surface area contributed by atoms with Gasteiger partial charge < -0.3 is 14.5 Å². The lowest BCUT2D eigenvalue weighted by molar-refractivity contribution is -0.124. The number of nitrogens with zero attached hydrogens (tertiary/aromatic N) is 2. The van der Waals surface area contributed by atoms with Crippen molar-refractivity contribution < 1.29 is 14.3 Å². The first-order valence-corrected chi connectivity index (χ1v) is 7.93. The van der Waals surface area contributed by atoms with Crippen molar-refractivity contribution >= 4 is 17.5 Å². The topological polar surface area (TPSA) is 49.9 Å². The Bertz CT molecular complexity index is 728. The van der Waals surface area contributed by atoms with Crippen molar-refractivity contribution in [3.8, 4) is 5.75 Å². The van der Waals surface area contributed by atoms with Gasteiger partial charge in [0.1, 0.15) is 11.8 Å². The molecule has 0 spiro atoms. The molecule has 1 heterocycles. The monoisotopic (exact) mass is 324 g/mol. The highest BCUT2D eigenvalue weighted by Gasteiger charge is 2.35. The van der Waals surface area contributed by atoms with E-state index in [0.29, 0.717) is 18.7 Å². The van der Waals surface area contributed by atoms with Gasteiger partial charge in [-0.25, -0.2) is 0 Å². The van der Waals surface area contributed by atoms with Crippen LogP contribution >= 0.6 is 0 Å². The zero-order valence-corrected chi connectivity index (χ0v) is 13.8. The van der Waals surface area contributed by atoms with Crippen molar-refractivity contribution in [1.29, 1.82) is 0 Å². The highest BCUT2D eigenvalue weighted by atomic mass is 16.5. The molecule has 2 aromatic carbocycles. The number of ether oxygens (including phenoxy) is 1. The molecule has 0 bridgehead atoms. The van der Waals surface area contributed by atoms with Crippen molar-refractivity contribution in [3.63, 3.8) is 0 Å². The Balaban J connectivity index is 1.77. The molecular formula is C19H20N2O3. The molecule has 1 aliphatic rings. The van der Waals surface area contributed by atoms with E-state index in [1.54, 1.807) is 36.0 Å². The largest absolute Gasteiger partial charge is 0.497 e. The van der Waals surface area contributed by atoms with Crippen molar-refractivity contribution in [1.82, 2.24) is 4.90 Å². The summed E-state index contributed by atoms with van der Waals surface area (Å²) in [7, 11) is 1.61. The van der Waals surface area contributed by atoms with Crippen LogP contribution in [-0.2, 0) is 4.79 Å². The molecule has 1 atom stereocenters. The van der Waals surface area contributed by atoms with Gasteiger partial charge in [0.05, 0.1) is 7.11 Å². The van der Waals surface area contributed by atoms with Gasteiger partial charge in [0.2, 0.25) is 5.91 Å². The summed E-state index contributed by atoms with van der Waals surface area (Å²) in [5.41, 5.74) is 1.43. The van der Waals surface area contributed by atoms with Gasteiger partial charge in [-0.15, -0.1) is 0 Å². The molecule has 5 heteroatoms. The lowest BCUT2D eigenvalue weighted by Gasteiger charge is -2.39. The number of anilines is 1. The van der Waals surface area contributed by atoms with Crippen LogP contribution in [0.4, 0.5) is 5.69 Å². The number of methoxy groups -OCH3 is 1. The van der Waals surface area contributed by atoms with E-state index in [1.165, 1.54) is 0 Å². The van der Waals surface area contributed by atoms with Crippen LogP contribution in [0.1, 0.15) is 17.3 Å². The molecule has 124 valence electrons. The minimum Gasteiger partial charge on any atom is -0.497 e. The van der Waals surface area contributed by atoms with E-state index in [0.717, 1.165) is 11.4 Å². The Hall–Kier alpha value is -2.82. The molecule has 1 fully saturated rings. The van der Waals surface area contributed by atoms with Crippen LogP contribution in [0, 0.1) is 0 Å². The van der Waals surface area contributed by atoms with Gasteiger partial charge >= 0.3 is 0 Å². The molecule has 1 aliphatic heterocycles. The van der Waals surface area contributed by atoms with E-state index >= 15 is 0 Å². The summed E-state index contributed by atoms with van der Waals surface area (Å²) in [5, 5.41) is 0. The van der Waals surface area contributed by atoms with E-state index in [1.807, 2.05) is 42.5 Å². The smallest absolute Gasteiger partial charge is 0.254 e. The maximum Gasteiger partial charge on any atom is 0.254 e. The standard InChI is InChI=1S/C19H20N2O3/c1-14-18(22)21(16-8-10-17(24-2)11-9-16)13-12-20(14)19(23)15-6-4-3-5-7-15/h3-11,14H,12-13H2,1-2H3. The van der Waals surface area contributed by atoms with Gasteiger partial charge in [0, 0.05) is 24.3 Å². The van der Waals surface area contributed by atoms with Crippen LogP contribution in [0.25, 0.3) is 0 Å². The first-order valence-electron chi connectivity index (χ1n) is 7.93. The lowest BCUT2D eigenvalue weighted by atomic mass is 10.1. The summed E-state index contributed by atoms with van der Waals surface area (Å²) < 4.78 is 5.15. The molecule has 2 aromatic rings. The molecule has 1 saturated heterocycles. The Labute approximate surface area is 141 Å². The van der Waals surface area contributed by atoms with Crippen LogP contribution in [-0.4, -0.2) is 43.0 Å². The second-order valence-corrected chi connectivity index (χ2v) is 5.73. The average Bonchev–Trinajstić information content (AvgIpc) is 2.64. The number of amides is 2. The summed E-state index contributed by atoms with van der Waals surface area (Å²) >= 11 is 0. The van der Waals surface area contributed by atoms with Gasteiger partial charge in [-0.3, -0.25) is 9.59 Å². The number of piperazine rings is 1. The number of hydrogen-bond donors (Lipinski definition) is 0.